The Morgan fingerprint density at radius 3 is 2.28 bits per heavy atom. The lowest BCUT2D eigenvalue weighted by molar-refractivity contribution is -0.124. The average Bonchev–Trinajstić information content (AvgIpc) is 2.57. The third-order valence-electron chi connectivity index (χ3n) is 4.07. The second kappa shape index (κ2) is 8.67. The molecule has 4 nitrogen and oxygen atoms in total. The predicted octanol–water partition coefficient (Wildman–Crippen LogP) is 3.95. The number of para-hydroxylation sites is 1. The van der Waals surface area contributed by atoms with E-state index in [0.29, 0.717) is 17.9 Å². The first-order valence-electron chi connectivity index (χ1n) is 8.24. The monoisotopic (exact) mass is 358 g/mol. The largest absolute Gasteiger partial charge is 0.347 e. The molecule has 5 heteroatoms. The standard InChI is InChI=1S/C20H23ClN2O2/c1-13-7-8-16(11-17(13)21)9-10-18(24)22-12-19(25)23-20-14(2)5-4-6-15(20)3/h4-8,11H,9-10,12H2,1-3H3,(H,22,24)(H,23,25). The van der Waals surface area contributed by atoms with Crippen LogP contribution in [0.15, 0.2) is 36.4 Å². The van der Waals surface area contributed by atoms with E-state index < -0.39 is 0 Å². The van der Waals surface area contributed by atoms with Crippen molar-refractivity contribution in [3.8, 4) is 0 Å². The number of benzene rings is 2. The fourth-order valence-corrected chi connectivity index (χ4v) is 2.72. The summed E-state index contributed by atoms with van der Waals surface area (Å²) in [6.07, 6.45) is 0.903. The fraction of sp³-hybridized carbons (Fsp3) is 0.300. The van der Waals surface area contributed by atoms with Crippen LogP contribution in [0.25, 0.3) is 0 Å². The zero-order valence-electron chi connectivity index (χ0n) is 14.8. The van der Waals surface area contributed by atoms with Crippen molar-refractivity contribution < 1.29 is 9.59 Å². The van der Waals surface area contributed by atoms with E-state index in [0.717, 1.165) is 27.9 Å². The highest BCUT2D eigenvalue weighted by molar-refractivity contribution is 6.31. The van der Waals surface area contributed by atoms with Gasteiger partial charge in [-0.15, -0.1) is 0 Å². The minimum absolute atomic E-state index is 0.0404. The summed E-state index contributed by atoms with van der Waals surface area (Å²) in [4.78, 5) is 24.0. The Bertz CT molecular complexity index is 767. The third-order valence-corrected chi connectivity index (χ3v) is 4.48. The summed E-state index contributed by atoms with van der Waals surface area (Å²) < 4.78 is 0. The Balaban J connectivity index is 1.79. The molecule has 0 saturated heterocycles. The van der Waals surface area contributed by atoms with E-state index in [2.05, 4.69) is 10.6 Å². The number of amides is 2. The third kappa shape index (κ3) is 5.61. The van der Waals surface area contributed by atoms with Crippen molar-refractivity contribution in [1.82, 2.24) is 5.32 Å². The minimum atomic E-state index is -0.232. The molecule has 132 valence electrons. The van der Waals surface area contributed by atoms with Crippen molar-refractivity contribution in [3.05, 3.63) is 63.7 Å². The van der Waals surface area contributed by atoms with Gasteiger partial charge in [0.05, 0.1) is 6.54 Å². The number of rotatable bonds is 6. The number of carbonyl (C=O) groups is 2. The van der Waals surface area contributed by atoms with Gasteiger partial charge in [0.1, 0.15) is 0 Å². The molecule has 0 aromatic heterocycles. The molecule has 0 aliphatic carbocycles. The number of anilines is 1. The second-order valence-corrected chi connectivity index (χ2v) is 6.58. The zero-order valence-corrected chi connectivity index (χ0v) is 15.5. The Morgan fingerprint density at radius 1 is 0.960 bits per heavy atom. The van der Waals surface area contributed by atoms with Crippen LogP contribution in [0.5, 0.6) is 0 Å². The van der Waals surface area contributed by atoms with Crippen LogP contribution in [0, 0.1) is 20.8 Å². The van der Waals surface area contributed by atoms with Crippen LogP contribution in [-0.4, -0.2) is 18.4 Å². The molecule has 0 spiro atoms. The van der Waals surface area contributed by atoms with E-state index in [4.69, 9.17) is 11.6 Å². The van der Waals surface area contributed by atoms with Crippen molar-refractivity contribution in [2.75, 3.05) is 11.9 Å². The first-order valence-corrected chi connectivity index (χ1v) is 8.62. The highest BCUT2D eigenvalue weighted by atomic mass is 35.5. The lowest BCUT2D eigenvalue weighted by atomic mass is 10.1. The lowest BCUT2D eigenvalue weighted by Gasteiger charge is -2.12. The quantitative estimate of drug-likeness (QED) is 0.821. The molecule has 2 N–H and O–H groups in total. The van der Waals surface area contributed by atoms with Crippen LogP contribution in [0.4, 0.5) is 5.69 Å². The zero-order chi connectivity index (χ0) is 18.4. The molecule has 0 saturated carbocycles. The van der Waals surface area contributed by atoms with Gasteiger partial charge in [-0.1, -0.05) is 41.9 Å². The van der Waals surface area contributed by atoms with Gasteiger partial charge in [0, 0.05) is 17.1 Å². The minimum Gasteiger partial charge on any atom is -0.347 e. The highest BCUT2D eigenvalue weighted by Gasteiger charge is 2.09. The Kier molecular flexibility index (Phi) is 6.59. The van der Waals surface area contributed by atoms with Crippen LogP contribution in [-0.2, 0) is 16.0 Å². The molecule has 0 fully saturated rings. The molecule has 0 aliphatic rings. The van der Waals surface area contributed by atoms with Crippen LogP contribution in [0.2, 0.25) is 5.02 Å². The van der Waals surface area contributed by atoms with Gasteiger partial charge in [-0.2, -0.15) is 0 Å². The van der Waals surface area contributed by atoms with Crippen LogP contribution < -0.4 is 10.6 Å². The number of aryl methyl sites for hydroxylation is 4. The van der Waals surface area contributed by atoms with Crippen LogP contribution in [0.3, 0.4) is 0 Å². The van der Waals surface area contributed by atoms with Crippen molar-refractivity contribution in [1.29, 1.82) is 0 Å². The molecule has 0 aliphatic heterocycles. The molecular formula is C20H23ClN2O2. The summed E-state index contributed by atoms with van der Waals surface area (Å²) in [6.45, 7) is 5.77. The number of hydrogen-bond donors (Lipinski definition) is 2. The van der Waals surface area contributed by atoms with Crippen molar-refractivity contribution in [3.63, 3.8) is 0 Å². The normalized spacial score (nSPS) is 10.4. The summed E-state index contributed by atoms with van der Waals surface area (Å²) in [5.41, 5.74) is 4.81. The smallest absolute Gasteiger partial charge is 0.243 e. The van der Waals surface area contributed by atoms with Gasteiger partial charge in [0.2, 0.25) is 11.8 Å². The maximum atomic E-state index is 12.0. The fourth-order valence-electron chi connectivity index (χ4n) is 2.51. The van der Waals surface area contributed by atoms with Crippen LogP contribution >= 0.6 is 11.6 Å². The Morgan fingerprint density at radius 2 is 1.64 bits per heavy atom. The predicted molar refractivity (Wildman–Crippen MR) is 102 cm³/mol. The molecule has 2 aromatic rings. The van der Waals surface area contributed by atoms with Gasteiger partial charge in [-0.25, -0.2) is 0 Å². The van der Waals surface area contributed by atoms with E-state index in [1.807, 2.05) is 57.2 Å². The summed E-state index contributed by atoms with van der Waals surface area (Å²) in [6, 6.07) is 11.6. The van der Waals surface area contributed by atoms with Gasteiger partial charge in [0.25, 0.3) is 0 Å². The van der Waals surface area contributed by atoms with E-state index in [-0.39, 0.29) is 18.4 Å². The van der Waals surface area contributed by atoms with Gasteiger partial charge in [0.15, 0.2) is 0 Å². The number of carbonyl (C=O) groups excluding carboxylic acids is 2. The molecule has 0 bridgehead atoms. The van der Waals surface area contributed by atoms with E-state index in [1.165, 1.54) is 0 Å². The molecule has 25 heavy (non-hydrogen) atoms. The topological polar surface area (TPSA) is 58.2 Å². The van der Waals surface area contributed by atoms with Crippen LogP contribution in [0.1, 0.15) is 28.7 Å². The van der Waals surface area contributed by atoms with Gasteiger partial charge in [-0.05, 0) is 55.5 Å². The molecule has 0 atom stereocenters. The molecule has 0 heterocycles. The first kappa shape index (κ1) is 19.0. The second-order valence-electron chi connectivity index (χ2n) is 6.18. The SMILES string of the molecule is Cc1ccc(CCC(=O)NCC(=O)Nc2c(C)cccc2C)cc1Cl. The van der Waals surface area contributed by atoms with Gasteiger partial charge >= 0.3 is 0 Å². The number of nitrogens with one attached hydrogen (secondary N) is 2. The van der Waals surface area contributed by atoms with Gasteiger partial charge < -0.3 is 10.6 Å². The average molecular weight is 359 g/mol. The maximum Gasteiger partial charge on any atom is 0.243 e. The number of halogens is 1. The summed E-state index contributed by atoms with van der Waals surface area (Å²) in [7, 11) is 0. The van der Waals surface area contributed by atoms with E-state index in [9.17, 15) is 9.59 Å². The lowest BCUT2D eigenvalue weighted by Crippen LogP contribution is -2.33. The molecule has 2 aromatic carbocycles. The van der Waals surface area contributed by atoms with Crippen molar-refractivity contribution in [2.45, 2.75) is 33.6 Å². The Hall–Kier alpha value is -2.33. The Labute approximate surface area is 153 Å². The van der Waals surface area contributed by atoms with Crippen molar-refractivity contribution >= 4 is 29.1 Å². The molecule has 2 rings (SSSR count). The summed E-state index contributed by atoms with van der Waals surface area (Å²) in [5.74, 6) is -0.391. The van der Waals surface area contributed by atoms with E-state index >= 15 is 0 Å². The molecule has 0 unspecified atom stereocenters. The summed E-state index contributed by atoms with van der Waals surface area (Å²) in [5, 5.41) is 6.20. The maximum absolute atomic E-state index is 12.0. The highest BCUT2D eigenvalue weighted by Crippen LogP contribution is 2.19. The summed E-state index contributed by atoms with van der Waals surface area (Å²) >= 11 is 6.08. The number of hydrogen-bond acceptors (Lipinski definition) is 2. The van der Waals surface area contributed by atoms with E-state index in [1.54, 1.807) is 0 Å². The molecule has 2 amide bonds. The molecular weight excluding hydrogens is 336 g/mol. The first-order chi connectivity index (χ1) is 11.9. The van der Waals surface area contributed by atoms with Gasteiger partial charge in [-0.3, -0.25) is 9.59 Å². The van der Waals surface area contributed by atoms with Crippen molar-refractivity contribution in [2.24, 2.45) is 0 Å². The molecule has 0 radical (unpaired) electrons.